The Bertz CT molecular complexity index is 2250. The number of fused-ring (bicyclic) bond motifs is 4. The van der Waals surface area contributed by atoms with Crippen LogP contribution in [-0.2, 0) is 12.6 Å². The Labute approximate surface area is 239 Å². The van der Waals surface area contributed by atoms with E-state index in [0.29, 0.717) is 34.2 Å². The summed E-state index contributed by atoms with van der Waals surface area (Å²) in [6, 6.07) is 19.2. The molecule has 0 fully saturated rings. The van der Waals surface area contributed by atoms with Crippen LogP contribution in [0.3, 0.4) is 0 Å². The van der Waals surface area contributed by atoms with E-state index >= 15 is 0 Å². The second-order valence-electron chi connectivity index (χ2n) is 11.0. The molecule has 0 saturated heterocycles. The number of hydrogen-bond donors (Lipinski definition) is 3. The fourth-order valence-corrected chi connectivity index (χ4v) is 5.85. The third-order valence-corrected chi connectivity index (χ3v) is 8.00. The number of nitrogens with two attached hydrogens (primary N) is 1. The zero-order valence-electron chi connectivity index (χ0n) is 23.5. The van der Waals surface area contributed by atoms with Crippen LogP contribution in [0.2, 0.25) is 0 Å². The number of H-pyrrole nitrogens is 1. The van der Waals surface area contributed by atoms with Gasteiger partial charge in [-0.2, -0.15) is 0 Å². The molecule has 9 heteroatoms. The number of carbonyl (C=O) groups excluding carboxylic acids is 2. The van der Waals surface area contributed by atoms with E-state index in [-0.39, 0.29) is 16.5 Å². The zero-order valence-corrected chi connectivity index (χ0v) is 23.5. The van der Waals surface area contributed by atoms with Crippen molar-refractivity contribution in [2.75, 3.05) is 0 Å². The van der Waals surface area contributed by atoms with Gasteiger partial charge >= 0.3 is 5.69 Å². The van der Waals surface area contributed by atoms with Crippen molar-refractivity contribution in [3.63, 3.8) is 0 Å². The van der Waals surface area contributed by atoms with Crippen LogP contribution in [0.15, 0.2) is 76.3 Å². The fraction of sp³-hybridized carbons (Fsp3) is 0.152. The molecule has 4 aromatic carbocycles. The fourth-order valence-electron chi connectivity index (χ4n) is 5.85. The minimum Gasteiger partial charge on any atom is -0.386 e. The van der Waals surface area contributed by atoms with Gasteiger partial charge in [0, 0.05) is 28.9 Å². The van der Waals surface area contributed by atoms with Crippen LogP contribution in [0.4, 0.5) is 0 Å². The quantitative estimate of drug-likeness (QED) is 0.268. The third kappa shape index (κ3) is 3.89. The van der Waals surface area contributed by atoms with E-state index in [9.17, 15) is 24.3 Å². The average molecular weight is 561 g/mol. The van der Waals surface area contributed by atoms with Gasteiger partial charge in [-0.05, 0) is 73.4 Å². The number of benzene rings is 4. The molecule has 9 nitrogen and oxygen atoms in total. The molecule has 4 N–H and O–H groups in total. The van der Waals surface area contributed by atoms with Crippen molar-refractivity contribution in [2.24, 2.45) is 12.8 Å². The van der Waals surface area contributed by atoms with Crippen LogP contribution < -0.4 is 17.0 Å². The van der Waals surface area contributed by atoms with Crippen LogP contribution in [0.25, 0.3) is 49.5 Å². The Morgan fingerprint density at radius 2 is 1.71 bits per heavy atom. The minimum atomic E-state index is -1.07. The van der Waals surface area contributed by atoms with Crippen molar-refractivity contribution < 1.29 is 14.7 Å². The van der Waals surface area contributed by atoms with E-state index in [1.807, 2.05) is 37.3 Å². The van der Waals surface area contributed by atoms with E-state index < -0.39 is 22.8 Å². The second kappa shape index (κ2) is 9.39. The van der Waals surface area contributed by atoms with Crippen molar-refractivity contribution >= 4 is 44.9 Å². The van der Waals surface area contributed by atoms with Gasteiger partial charge in [-0.1, -0.05) is 36.4 Å². The highest BCUT2D eigenvalue weighted by molar-refractivity contribution is 6.20. The maximum Gasteiger partial charge on any atom is 0.335 e. The Morgan fingerprint density at radius 1 is 0.976 bits per heavy atom. The Hall–Kier alpha value is -5.28. The lowest BCUT2D eigenvalue weighted by Gasteiger charge is -2.18. The molecule has 2 aromatic heterocycles. The lowest BCUT2D eigenvalue weighted by molar-refractivity contribution is 0.0787. The number of primary amides is 1. The van der Waals surface area contributed by atoms with Crippen molar-refractivity contribution in [1.29, 1.82) is 0 Å². The van der Waals surface area contributed by atoms with Crippen LogP contribution in [0.5, 0.6) is 0 Å². The predicted octanol–water partition coefficient (Wildman–Crippen LogP) is 4.44. The Morgan fingerprint density at radius 3 is 2.40 bits per heavy atom. The molecule has 0 aliphatic rings. The number of nitrogens with one attached hydrogen (secondary N) is 1. The molecule has 0 bridgehead atoms. The van der Waals surface area contributed by atoms with Gasteiger partial charge in [0.1, 0.15) is 0 Å². The van der Waals surface area contributed by atoms with E-state index in [0.717, 1.165) is 32.0 Å². The van der Waals surface area contributed by atoms with Crippen molar-refractivity contribution in [3.05, 3.63) is 110 Å². The number of aliphatic hydroxyl groups is 1. The Kier molecular flexibility index (Phi) is 6.02. The van der Waals surface area contributed by atoms with Crippen LogP contribution in [0.1, 0.15) is 45.7 Å². The minimum absolute atomic E-state index is 0.249. The first-order chi connectivity index (χ1) is 19.9. The van der Waals surface area contributed by atoms with Gasteiger partial charge in [-0.25, -0.2) is 9.36 Å². The molecule has 0 saturated carbocycles. The number of hydrogen-bond acceptors (Lipinski definition) is 5. The number of aldehydes is 1. The molecule has 1 amide bonds. The first-order valence-corrected chi connectivity index (χ1v) is 13.4. The number of para-hydroxylation sites is 1. The molecule has 2 heterocycles. The second-order valence-corrected chi connectivity index (χ2v) is 11.0. The summed E-state index contributed by atoms with van der Waals surface area (Å²) in [5, 5.41) is 12.4. The van der Waals surface area contributed by atoms with E-state index in [4.69, 9.17) is 5.73 Å². The average Bonchev–Trinajstić information content (AvgIpc) is 3.34. The molecule has 6 rings (SSSR count). The van der Waals surface area contributed by atoms with Crippen LogP contribution in [-0.4, -0.2) is 31.4 Å². The number of nitrogens with zero attached hydrogens (tertiary/aromatic N) is 2. The highest BCUT2D eigenvalue weighted by Crippen LogP contribution is 2.39. The first-order valence-electron chi connectivity index (χ1n) is 13.4. The summed E-state index contributed by atoms with van der Waals surface area (Å²) in [6.07, 6.45) is 0.629. The monoisotopic (exact) mass is 560 g/mol. The van der Waals surface area contributed by atoms with Gasteiger partial charge in [0.25, 0.3) is 11.5 Å². The molecule has 6 aromatic rings. The van der Waals surface area contributed by atoms with Gasteiger partial charge < -0.3 is 15.8 Å². The van der Waals surface area contributed by atoms with Crippen molar-refractivity contribution in [1.82, 2.24) is 14.1 Å². The van der Waals surface area contributed by atoms with Crippen molar-refractivity contribution in [3.8, 4) is 16.8 Å². The number of aromatic amines is 1. The van der Waals surface area contributed by atoms with E-state index in [1.54, 1.807) is 50.2 Å². The molecule has 210 valence electrons. The standard InChI is InChI=1S/C33H28N4O5/c1-17-20(8-6-10-26(17)37-31(40)24-9-5-7-18(16-38)29(24)36(4)32(37)41)21-13-14-23(30(34)39)28-27(21)22-12-11-19(33(2,3)42)15-25(22)35-28/h5-16,35,42H,1-4H3,(H2,34,39). The summed E-state index contributed by atoms with van der Waals surface area (Å²) < 4.78 is 2.43. The van der Waals surface area contributed by atoms with Crippen LogP contribution >= 0.6 is 0 Å². The topological polar surface area (TPSA) is 140 Å². The molecule has 42 heavy (non-hydrogen) atoms. The van der Waals surface area contributed by atoms with Gasteiger partial charge in [-0.3, -0.25) is 19.0 Å². The van der Waals surface area contributed by atoms with E-state index in [2.05, 4.69) is 4.98 Å². The number of carbonyl (C=O) groups is 2. The van der Waals surface area contributed by atoms with Gasteiger partial charge in [0.15, 0.2) is 6.29 Å². The van der Waals surface area contributed by atoms with Crippen molar-refractivity contribution in [2.45, 2.75) is 26.4 Å². The Balaban J connectivity index is 1.67. The molecule has 0 spiro atoms. The van der Waals surface area contributed by atoms with Crippen LogP contribution in [0, 0.1) is 6.92 Å². The van der Waals surface area contributed by atoms with Gasteiger partial charge in [-0.15, -0.1) is 0 Å². The number of amides is 1. The van der Waals surface area contributed by atoms with E-state index in [1.165, 1.54) is 11.6 Å². The molecule has 0 aliphatic carbocycles. The molecule has 0 atom stereocenters. The summed E-state index contributed by atoms with van der Waals surface area (Å²) in [6.45, 7) is 5.23. The molecular weight excluding hydrogens is 532 g/mol. The SMILES string of the molecule is Cc1c(-c2ccc(C(N)=O)c3[nH]c4cc(C(C)(C)O)ccc4c23)cccc1-n1c(=O)c2cccc(C=O)c2n(C)c1=O. The van der Waals surface area contributed by atoms with Gasteiger partial charge in [0.2, 0.25) is 0 Å². The predicted molar refractivity (Wildman–Crippen MR) is 163 cm³/mol. The normalized spacial score (nSPS) is 11.9. The maximum atomic E-state index is 13.7. The molecule has 0 radical (unpaired) electrons. The summed E-state index contributed by atoms with van der Waals surface area (Å²) >= 11 is 0. The molecule has 0 aliphatic heterocycles. The summed E-state index contributed by atoms with van der Waals surface area (Å²) in [5.74, 6) is -0.591. The smallest absolute Gasteiger partial charge is 0.335 e. The number of aryl methyl sites for hydroxylation is 1. The largest absolute Gasteiger partial charge is 0.386 e. The maximum absolute atomic E-state index is 13.7. The lowest BCUT2D eigenvalue weighted by atomic mass is 9.92. The number of aromatic nitrogens is 3. The zero-order chi connectivity index (χ0) is 30.1. The molecule has 0 unspecified atom stereocenters. The number of rotatable bonds is 5. The highest BCUT2D eigenvalue weighted by atomic mass is 16.3. The lowest BCUT2D eigenvalue weighted by Crippen LogP contribution is -2.38. The third-order valence-electron chi connectivity index (χ3n) is 8.00. The van der Waals surface area contributed by atoms with Gasteiger partial charge in [0.05, 0.1) is 33.3 Å². The molecular formula is C33H28N4O5. The summed E-state index contributed by atoms with van der Waals surface area (Å²) in [5.41, 5.74) is 8.95. The summed E-state index contributed by atoms with van der Waals surface area (Å²) in [7, 11) is 1.53. The summed E-state index contributed by atoms with van der Waals surface area (Å²) in [4.78, 5) is 54.7. The first kappa shape index (κ1) is 26.9. The highest BCUT2D eigenvalue weighted by Gasteiger charge is 2.22.